The second kappa shape index (κ2) is 8.91. The van der Waals surface area contributed by atoms with Crippen LogP contribution in [-0.4, -0.2) is 20.7 Å². The Morgan fingerprint density at radius 3 is 2.59 bits per heavy atom. The first-order chi connectivity index (χ1) is 15.3. The molecule has 0 saturated carbocycles. The zero-order valence-corrected chi connectivity index (χ0v) is 17.3. The minimum atomic E-state index is -4.40. The molecule has 32 heavy (non-hydrogen) atoms. The van der Waals surface area contributed by atoms with Crippen molar-refractivity contribution in [3.63, 3.8) is 0 Å². The summed E-state index contributed by atoms with van der Waals surface area (Å²) >= 11 is 1.31. The van der Waals surface area contributed by atoms with E-state index in [4.69, 9.17) is 0 Å². The zero-order valence-electron chi connectivity index (χ0n) is 16.4. The van der Waals surface area contributed by atoms with Crippen LogP contribution in [0.1, 0.15) is 16.8 Å². The van der Waals surface area contributed by atoms with E-state index in [0.29, 0.717) is 27.6 Å². The molecule has 0 radical (unpaired) electrons. The molecule has 0 saturated heterocycles. The van der Waals surface area contributed by atoms with E-state index in [1.54, 1.807) is 23.6 Å². The van der Waals surface area contributed by atoms with Crippen molar-refractivity contribution >= 4 is 23.1 Å². The summed E-state index contributed by atoms with van der Waals surface area (Å²) in [6.45, 7) is 0.196. The van der Waals surface area contributed by atoms with Crippen molar-refractivity contribution in [1.82, 2.24) is 14.8 Å². The highest BCUT2D eigenvalue weighted by Crippen LogP contribution is 2.29. The minimum absolute atomic E-state index is 0.0112. The average molecular weight is 460 g/mol. The zero-order chi connectivity index (χ0) is 22.7. The highest BCUT2D eigenvalue weighted by atomic mass is 32.1. The number of carbonyl (C=O) groups excluding carboxylic acids is 1. The maximum atomic E-state index is 13.4. The van der Waals surface area contributed by atoms with E-state index in [-0.39, 0.29) is 24.7 Å². The standard InChI is InChI=1S/C22H16F4N4OS/c23-17-3-1-2-15(10-17)21-28-18(13-32-21)11-20(31)29-19-8-9-27-30(19)12-14-4-6-16(7-5-14)22(24,25)26/h1-10,13H,11-12H2,(H,29,31). The van der Waals surface area contributed by atoms with Gasteiger partial charge in [0.25, 0.3) is 0 Å². The lowest BCUT2D eigenvalue weighted by molar-refractivity contribution is -0.137. The highest BCUT2D eigenvalue weighted by Gasteiger charge is 2.29. The first-order valence-electron chi connectivity index (χ1n) is 9.46. The fourth-order valence-electron chi connectivity index (χ4n) is 3.03. The molecule has 2 aromatic heterocycles. The lowest BCUT2D eigenvalue weighted by Crippen LogP contribution is -2.18. The molecule has 0 aliphatic heterocycles. The van der Waals surface area contributed by atoms with Gasteiger partial charge in [0.15, 0.2) is 0 Å². The summed E-state index contributed by atoms with van der Waals surface area (Å²) in [6, 6.07) is 12.4. The number of rotatable bonds is 6. The van der Waals surface area contributed by atoms with E-state index in [9.17, 15) is 22.4 Å². The number of hydrogen-bond donors (Lipinski definition) is 1. The number of carbonyl (C=O) groups is 1. The summed E-state index contributed by atoms with van der Waals surface area (Å²) in [7, 11) is 0. The van der Waals surface area contributed by atoms with Crippen molar-refractivity contribution in [1.29, 1.82) is 0 Å². The highest BCUT2D eigenvalue weighted by molar-refractivity contribution is 7.13. The molecule has 4 rings (SSSR count). The monoisotopic (exact) mass is 460 g/mol. The smallest absolute Gasteiger partial charge is 0.311 e. The van der Waals surface area contributed by atoms with Gasteiger partial charge in [0.2, 0.25) is 5.91 Å². The van der Waals surface area contributed by atoms with Gasteiger partial charge in [0, 0.05) is 17.0 Å². The van der Waals surface area contributed by atoms with E-state index in [2.05, 4.69) is 15.4 Å². The van der Waals surface area contributed by atoms with Crippen LogP contribution in [0.25, 0.3) is 10.6 Å². The minimum Gasteiger partial charge on any atom is -0.311 e. The third-order valence-corrected chi connectivity index (χ3v) is 5.50. The molecule has 0 atom stereocenters. The van der Waals surface area contributed by atoms with Crippen molar-refractivity contribution in [2.24, 2.45) is 0 Å². The van der Waals surface area contributed by atoms with Gasteiger partial charge in [0.1, 0.15) is 16.6 Å². The Labute approximate surface area is 184 Å². The fourth-order valence-corrected chi connectivity index (χ4v) is 3.85. The number of aromatic nitrogens is 3. The maximum Gasteiger partial charge on any atom is 0.416 e. The third-order valence-electron chi connectivity index (χ3n) is 4.56. The van der Waals surface area contributed by atoms with Crippen LogP contribution in [0.4, 0.5) is 23.4 Å². The molecule has 0 aliphatic carbocycles. The number of amides is 1. The quantitative estimate of drug-likeness (QED) is 0.392. The number of alkyl halides is 3. The summed E-state index contributed by atoms with van der Waals surface area (Å²) in [5.74, 6) is -0.274. The topological polar surface area (TPSA) is 59.8 Å². The first kappa shape index (κ1) is 21.7. The van der Waals surface area contributed by atoms with Crippen LogP contribution in [0.15, 0.2) is 66.2 Å². The fraction of sp³-hybridized carbons (Fsp3) is 0.136. The molecule has 0 bridgehead atoms. The normalized spacial score (nSPS) is 11.5. The van der Waals surface area contributed by atoms with E-state index < -0.39 is 11.7 Å². The second-order valence-electron chi connectivity index (χ2n) is 6.95. The van der Waals surface area contributed by atoms with Crippen LogP contribution in [0, 0.1) is 5.82 Å². The second-order valence-corrected chi connectivity index (χ2v) is 7.81. The van der Waals surface area contributed by atoms with Crippen LogP contribution in [0.5, 0.6) is 0 Å². The van der Waals surface area contributed by atoms with Crippen LogP contribution in [0.2, 0.25) is 0 Å². The summed E-state index contributed by atoms with van der Waals surface area (Å²) in [6.07, 6.45) is -2.89. The number of halogens is 4. The van der Waals surface area contributed by atoms with Crippen molar-refractivity contribution in [3.8, 4) is 10.6 Å². The molecular formula is C22H16F4N4OS. The van der Waals surface area contributed by atoms with Gasteiger partial charge < -0.3 is 5.32 Å². The molecule has 1 amide bonds. The van der Waals surface area contributed by atoms with Crippen molar-refractivity contribution in [2.75, 3.05) is 5.32 Å². The molecule has 5 nitrogen and oxygen atoms in total. The van der Waals surface area contributed by atoms with Gasteiger partial charge >= 0.3 is 6.18 Å². The maximum absolute atomic E-state index is 13.4. The third kappa shape index (κ3) is 5.20. The lowest BCUT2D eigenvalue weighted by atomic mass is 10.1. The summed E-state index contributed by atoms with van der Waals surface area (Å²) in [4.78, 5) is 16.9. The van der Waals surface area contributed by atoms with Gasteiger partial charge in [-0.3, -0.25) is 4.79 Å². The van der Waals surface area contributed by atoms with E-state index in [0.717, 1.165) is 12.1 Å². The largest absolute Gasteiger partial charge is 0.416 e. The molecule has 2 aromatic carbocycles. The SMILES string of the molecule is O=C(Cc1csc(-c2cccc(F)c2)n1)Nc1ccnn1Cc1ccc(C(F)(F)F)cc1. The molecule has 0 fully saturated rings. The summed E-state index contributed by atoms with van der Waals surface area (Å²) in [5.41, 5.74) is 1.06. The average Bonchev–Trinajstić information content (AvgIpc) is 3.37. The molecule has 1 N–H and O–H groups in total. The Balaban J connectivity index is 1.39. The van der Waals surface area contributed by atoms with Gasteiger partial charge in [-0.2, -0.15) is 18.3 Å². The molecule has 10 heteroatoms. The summed E-state index contributed by atoms with van der Waals surface area (Å²) in [5, 5.41) is 9.21. The number of nitrogens with one attached hydrogen (secondary N) is 1. The number of thiazole rings is 1. The van der Waals surface area contributed by atoms with Gasteiger partial charge in [0.05, 0.1) is 30.4 Å². The van der Waals surface area contributed by atoms with E-state index in [1.165, 1.54) is 46.5 Å². The Kier molecular flexibility index (Phi) is 6.04. The molecular weight excluding hydrogens is 444 g/mol. The molecule has 0 unspecified atom stereocenters. The van der Waals surface area contributed by atoms with Crippen LogP contribution in [-0.2, 0) is 23.9 Å². The van der Waals surface area contributed by atoms with Crippen LogP contribution >= 0.6 is 11.3 Å². The number of benzene rings is 2. The van der Waals surface area contributed by atoms with Gasteiger partial charge in [-0.1, -0.05) is 24.3 Å². The Morgan fingerprint density at radius 1 is 1.09 bits per heavy atom. The number of hydrogen-bond acceptors (Lipinski definition) is 4. The van der Waals surface area contributed by atoms with Gasteiger partial charge in [-0.05, 0) is 29.8 Å². The Morgan fingerprint density at radius 2 is 1.88 bits per heavy atom. The first-order valence-corrected chi connectivity index (χ1v) is 10.3. The van der Waals surface area contributed by atoms with Crippen LogP contribution < -0.4 is 5.32 Å². The van der Waals surface area contributed by atoms with Crippen molar-refractivity contribution in [2.45, 2.75) is 19.1 Å². The molecule has 0 spiro atoms. The molecule has 0 aliphatic rings. The number of nitrogens with zero attached hydrogens (tertiary/aromatic N) is 3. The predicted molar refractivity (Wildman–Crippen MR) is 113 cm³/mol. The van der Waals surface area contributed by atoms with E-state index >= 15 is 0 Å². The molecule has 4 aromatic rings. The summed E-state index contributed by atoms with van der Waals surface area (Å²) < 4.78 is 53.0. The predicted octanol–water partition coefficient (Wildman–Crippen LogP) is 5.39. The van der Waals surface area contributed by atoms with E-state index in [1.807, 2.05) is 0 Å². The van der Waals surface area contributed by atoms with Gasteiger partial charge in [-0.25, -0.2) is 14.1 Å². The van der Waals surface area contributed by atoms with Crippen LogP contribution in [0.3, 0.4) is 0 Å². The lowest BCUT2D eigenvalue weighted by Gasteiger charge is -2.10. The van der Waals surface area contributed by atoms with Gasteiger partial charge in [-0.15, -0.1) is 11.3 Å². The molecule has 164 valence electrons. The Bertz CT molecular complexity index is 1230. The Hall–Kier alpha value is -3.53. The number of anilines is 1. The molecule has 2 heterocycles. The van der Waals surface area contributed by atoms with Crippen molar-refractivity contribution in [3.05, 3.63) is 88.8 Å². The van der Waals surface area contributed by atoms with Crippen molar-refractivity contribution < 1.29 is 22.4 Å².